The summed E-state index contributed by atoms with van der Waals surface area (Å²) in [6, 6.07) is 7.10. The highest BCUT2D eigenvalue weighted by atomic mass is 35.5. The molecule has 1 aromatic carbocycles. The van der Waals surface area contributed by atoms with E-state index in [0.29, 0.717) is 18.1 Å². The Bertz CT molecular complexity index is 448. The van der Waals surface area contributed by atoms with Crippen LogP contribution in [0.4, 0.5) is 0 Å². The molecule has 2 N–H and O–H groups in total. The average molecular weight is 299 g/mol. The van der Waals surface area contributed by atoms with E-state index in [9.17, 15) is 9.59 Å². The lowest BCUT2D eigenvalue weighted by Gasteiger charge is -2.19. The molecule has 20 heavy (non-hydrogen) atoms. The van der Waals surface area contributed by atoms with Crippen molar-refractivity contribution in [2.24, 2.45) is 0 Å². The summed E-state index contributed by atoms with van der Waals surface area (Å²) in [4.78, 5) is 22.6. The van der Waals surface area contributed by atoms with Crippen molar-refractivity contribution in [1.82, 2.24) is 10.6 Å². The molecule has 5 nitrogen and oxygen atoms in total. The van der Waals surface area contributed by atoms with Gasteiger partial charge in [0.05, 0.1) is 12.6 Å². The summed E-state index contributed by atoms with van der Waals surface area (Å²) < 4.78 is 5.05. The zero-order chi connectivity index (χ0) is 15.0. The van der Waals surface area contributed by atoms with Gasteiger partial charge in [-0.05, 0) is 24.1 Å². The molecular weight excluding hydrogens is 280 g/mol. The van der Waals surface area contributed by atoms with Gasteiger partial charge in [0.15, 0.2) is 0 Å². The first kappa shape index (κ1) is 16.5. The number of halogens is 1. The predicted molar refractivity (Wildman–Crippen MR) is 77.5 cm³/mol. The van der Waals surface area contributed by atoms with Crippen LogP contribution in [0.25, 0.3) is 0 Å². The van der Waals surface area contributed by atoms with Crippen LogP contribution in [-0.2, 0) is 14.3 Å². The molecule has 0 bridgehead atoms. The molecule has 6 heteroatoms. The average Bonchev–Trinajstić information content (AvgIpc) is 2.42. The Balaban J connectivity index is 2.66. The molecule has 2 amide bonds. The SMILES string of the molecule is COCC[C@@H](NC(=O)CNC(C)=O)c1ccc(Cl)cc1. The number of nitrogens with one attached hydrogen (secondary N) is 2. The van der Waals surface area contributed by atoms with Gasteiger partial charge in [-0.15, -0.1) is 0 Å². The minimum Gasteiger partial charge on any atom is -0.385 e. The van der Waals surface area contributed by atoms with Gasteiger partial charge in [0.2, 0.25) is 11.8 Å². The van der Waals surface area contributed by atoms with Crippen LogP contribution in [0.3, 0.4) is 0 Å². The van der Waals surface area contributed by atoms with Crippen molar-refractivity contribution in [3.63, 3.8) is 0 Å². The highest BCUT2D eigenvalue weighted by Gasteiger charge is 2.14. The summed E-state index contributed by atoms with van der Waals surface area (Å²) >= 11 is 5.85. The fraction of sp³-hybridized carbons (Fsp3) is 0.429. The molecule has 0 saturated heterocycles. The molecule has 1 aromatic rings. The van der Waals surface area contributed by atoms with Gasteiger partial charge in [-0.25, -0.2) is 0 Å². The second-order valence-corrected chi connectivity index (χ2v) is 4.80. The van der Waals surface area contributed by atoms with E-state index in [4.69, 9.17) is 16.3 Å². The molecule has 0 aliphatic rings. The maximum Gasteiger partial charge on any atom is 0.239 e. The van der Waals surface area contributed by atoms with E-state index >= 15 is 0 Å². The molecule has 1 atom stereocenters. The van der Waals surface area contributed by atoms with E-state index < -0.39 is 0 Å². The number of carbonyl (C=O) groups excluding carboxylic acids is 2. The fourth-order valence-electron chi connectivity index (χ4n) is 1.70. The second-order valence-electron chi connectivity index (χ2n) is 4.36. The van der Waals surface area contributed by atoms with Crippen LogP contribution in [0.2, 0.25) is 5.02 Å². The molecule has 0 saturated carbocycles. The van der Waals surface area contributed by atoms with Crippen LogP contribution in [0.1, 0.15) is 24.9 Å². The van der Waals surface area contributed by atoms with Crippen LogP contribution >= 0.6 is 11.6 Å². The van der Waals surface area contributed by atoms with Gasteiger partial charge in [-0.3, -0.25) is 9.59 Å². The van der Waals surface area contributed by atoms with Crippen molar-refractivity contribution < 1.29 is 14.3 Å². The summed E-state index contributed by atoms with van der Waals surface area (Å²) in [5.41, 5.74) is 0.947. The third-order valence-electron chi connectivity index (χ3n) is 2.72. The third kappa shape index (κ3) is 6.04. The number of carbonyl (C=O) groups is 2. The highest BCUT2D eigenvalue weighted by molar-refractivity contribution is 6.30. The van der Waals surface area contributed by atoms with E-state index in [2.05, 4.69) is 10.6 Å². The van der Waals surface area contributed by atoms with Crippen LogP contribution in [-0.4, -0.2) is 32.1 Å². The van der Waals surface area contributed by atoms with Crippen molar-refractivity contribution in [3.05, 3.63) is 34.9 Å². The summed E-state index contributed by atoms with van der Waals surface area (Å²) in [6.45, 7) is 1.86. The molecule has 0 fully saturated rings. The summed E-state index contributed by atoms with van der Waals surface area (Å²) in [7, 11) is 1.61. The molecule has 0 heterocycles. The van der Waals surface area contributed by atoms with E-state index in [-0.39, 0.29) is 24.4 Å². The first-order chi connectivity index (χ1) is 9.52. The van der Waals surface area contributed by atoms with Gasteiger partial charge in [0.1, 0.15) is 0 Å². The van der Waals surface area contributed by atoms with Gasteiger partial charge in [-0.1, -0.05) is 23.7 Å². The lowest BCUT2D eigenvalue weighted by molar-refractivity contribution is -0.125. The standard InChI is InChI=1S/C14H19ClN2O3/c1-10(18)16-9-14(19)17-13(7-8-20-2)11-3-5-12(15)6-4-11/h3-6,13H,7-9H2,1-2H3,(H,16,18)(H,17,19)/t13-/m1/s1. The van der Waals surface area contributed by atoms with E-state index in [1.54, 1.807) is 19.2 Å². The predicted octanol–water partition coefficient (Wildman–Crippen LogP) is 1.67. The molecule has 0 aromatic heterocycles. The Morgan fingerprint density at radius 2 is 1.95 bits per heavy atom. The highest BCUT2D eigenvalue weighted by Crippen LogP contribution is 2.19. The van der Waals surface area contributed by atoms with E-state index in [0.717, 1.165) is 5.56 Å². The molecule has 0 unspecified atom stereocenters. The smallest absolute Gasteiger partial charge is 0.239 e. The number of rotatable bonds is 7. The zero-order valence-electron chi connectivity index (χ0n) is 11.6. The number of ether oxygens (including phenoxy) is 1. The summed E-state index contributed by atoms with van der Waals surface area (Å²) in [5.74, 6) is -0.476. The molecule has 0 aliphatic heterocycles. The quantitative estimate of drug-likeness (QED) is 0.804. The largest absolute Gasteiger partial charge is 0.385 e. The minimum absolute atomic E-state index is 0.0353. The Labute approximate surface area is 123 Å². The van der Waals surface area contributed by atoms with Crippen LogP contribution in [0.5, 0.6) is 0 Å². The summed E-state index contributed by atoms with van der Waals surface area (Å²) in [5, 5.41) is 5.97. The molecule has 0 spiro atoms. The first-order valence-electron chi connectivity index (χ1n) is 6.31. The summed E-state index contributed by atoms with van der Waals surface area (Å²) in [6.07, 6.45) is 0.643. The Kier molecular flexibility index (Phi) is 7.04. The lowest BCUT2D eigenvalue weighted by atomic mass is 10.0. The minimum atomic E-state index is -0.240. The maximum atomic E-state index is 11.8. The number of hydrogen-bond donors (Lipinski definition) is 2. The molecule has 0 radical (unpaired) electrons. The van der Waals surface area contributed by atoms with Crippen LogP contribution < -0.4 is 10.6 Å². The third-order valence-corrected chi connectivity index (χ3v) is 2.97. The lowest BCUT2D eigenvalue weighted by Crippen LogP contribution is -2.38. The molecule has 110 valence electrons. The van der Waals surface area contributed by atoms with Gasteiger partial charge < -0.3 is 15.4 Å². The van der Waals surface area contributed by atoms with Crippen molar-refractivity contribution in [2.45, 2.75) is 19.4 Å². The van der Waals surface area contributed by atoms with Crippen molar-refractivity contribution >= 4 is 23.4 Å². The Hall–Kier alpha value is -1.59. The normalized spacial score (nSPS) is 11.8. The molecular formula is C14H19ClN2O3. The monoisotopic (exact) mass is 298 g/mol. The van der Waals surface area contributed by atoms with E-state index in [1.807, 2.05) is 12.1 Å². The number of methoxy groups -OCH3 is 1. The van der Waals surface area contributed by atoms with Crippen LogP contribution in [0.15, 0.2) is 24.3 Å². The van der Waals surface area contributed by atoms with E-state index in [1.165, 1.54) is 6.92 Å². The first-order valence-corrected chi connectivity index (χ1v) is 6.69. The zero-order valence-corrected chi connectivity index (χ0v) is 12.4. The van der Waals surface area contributed by atoms with Crippen LogP contribution in [0, 0.1) is 0 Å². The second kappa shape index (κ2) is 8.55. The van der Waals surface area contributed by atoms with Gasteiger partial charge in [-0.2, -0.15) is 0 Å². The van der Waals surface area contributed by atoms with Crippen molar-refractivity contribution in [1.29, 1.82) is 0 Å². The van der Waals surface area contributed by atoms with Crippen molar-refractivity contribution in [2.75, 3.05) is 20.3 Å². The maximum absolute atomic E-state index is 11.8. The number of benzene rings is 1. The topological polar surface area (TPSA) is 67.4 Å². The number of amides is 2. The fourth-order valence-corrected chi connectivity index (χ4v) is 1.83. The van der Waals surface area contributed by atoms with Crippen molar-refractivity contribution in [3.8, 4) is 0 Å². The molecule has 1 rings (SSSR count). The van der Waals surface area contributed by atoms with Gasteiger partial charge >= 0.3 is 0 Å². The number of hydrogen-bond acceptors (Lipinski definition) is 3. The Morgan fingerprint density at radius 1 is 1.30 bits per heavy atom. The van der Waals surface area contributed by atoms with Gasteiger partial charge in [0.25, 0.3) is 0 Å². The molecule has 0 aliphatic carbocycles. The van der Waals surface area contributed by atoms with Gasteiger partial charge in [0, 0.05) is 25.7 Å². The Morgan fingerprint density at radius 3 is 2.50 bits per heavy atom.